The number of benzene rings is 2. The van der Waals surface area contributed by atoms with Crippen molar-refractivity contribution in [2.75, 3.05) is 40.3 Å². The summed E-state index contributed by atoms with van der Waals surface area (Å²) in [6.45, 7) is 5.55. The molecule has 0 radical (unpaired) electrons. The number of sulfonamides is 1. The molecule has 1 saturated heterocycles. The Kier molecular flexibility index (Phi) is 8.78. The Hall–Kier alpha value is -2.79. The van der Waals surface area contributed by atoms with E-state index in [4.69, 9.17) is 4.74 Å². The van der Waals surface area contributed by atoms with Gasteiger partial charge >= 0.3 is 0 Å². The second-order valence-electron chi connectivity index (χ2n) is 8.51. The molecular weight excluding hydrogens is 456 g/mol. The first-order valence-electron chi connectivity index (χ1n) is 11.1. The minimum absolute atomic E-state index is 0.0148. The summed E-state index contributed by atoms with van der Waals surface area (Å²) in [4.78, 5) is 27.0. The molecule has 34 heavy (non-hydrogen) atoms. The van der Waals surface area contributed by atoms with Gasteiger partial charge in [-0.15, -0.1) is 0 Å². The van der Waals surface area contributed by atoms with Gasteiger partial charge in [0.15, 0.2) is 0 Å². The highest BCUT2D eigenvalue weighted by Crippen LogP contribution is 2.15. The maximum Gasteiger partial charge on any atom is 0.251 e. The highest BCUT2D eigenvalue weighted by Gasteiger charge is 2.19. The molecule has 2 aromatic carbocycles. The number of carbonyl (C=O) groups is 2. The molecule has 2 N–H and O–H groups in total. The maximum absolute atomic E-state index is 12.4. The van der Waals surface area contributed by atoms with Crippen molar-refractivity contribution < 1.29 is 22.7 Å². The first-order chi connectivity index (χ1) is 16.1. The number of hydrogen-bond donors (Lipinski definition) is 2. The average Bonchev–Trinajstić information content (AvgIpc) is 2.81. The molecule has 10 heteroatoms. The Labute approximate surface area is 201 Å². The third kappa shape index (κ3) is 7.10. The molecule has 0 aromatic heterocycles. The number of carbonyl (C=O) groups excluding carboxylic acids is 2. The molecule has 0 spiro atoms. The van der Waals surface area contributed by atoms with Crippen molar-refractivity contribution in [2.24, 2.45) is 0 Å². The summed E-state index contributed by atoms with van der Waals surface area (Å²) < 4.78 is 31.2. The van der Waals surface area contributed by atoms with Gasteiger partial charge in [-0.1, -0.05) is 30.3 Å². The number of ether oxygens (including phenoxy) is 1. The van der Waals surface area contributed by atoms with Crippen LogP contribution in [-0.2, 0) is 32.6 Å². The molecule has 1 unspecified atom stereocenters. The van der Waals surface area contributed by atoms with Gasteiger partial charge in [0.25, 0.3) is 5.91 Å². The Bertz CT molecular complexity index is 1120. The van der Waals surface area contributed by atoms with Crippen LogP contribution in [0.4, 0.5) is 0 Å². The van der Waals surface area contributed by atoms with Crippen molar-refractivity contribution in [2.45, 2.75) is 31.0 Å². The number of nitrogens with zero attached hydrogens (tertiary/aromatic N) is 2. The first kappa shape index (κ1) is 25.8. The summed E-state index contributed by atoms with van der Waals surface area (Å²) in [7, 11) is -0.811. The quantitative estimate of drug-likeness (QED) is 0.549. The number of amides is 2. The summed E-state index contributed by atoms with van der Waals surface area (Å²) in [5, 5.41) is 5.34. The lowest BCUT2D eigenvalue weighted by Gasteiger charge is -2.31. The van der Waals surface area contributed by atoms with Crippen LogP contribution in [0.5, 0.6) is 0 Å². The minimum atomic E-state index is -3.65. The van der Waals surface area contributed by atoms with Crippen LogP contribution < -0.4 is 10.6 Å². The summed E-state index contributed by atoms with van der Waals surface area (Å²) in [6.07, 6.45) is 0.228. The number of rotatable bonds is 9. The van der Waals surface area contributed by atoms with Gasteiger partial charge in [0.2, 0.25) is 15.9 Å². The molecule has 2 amide bonds. The van der Waals surface area contributed by atoms with Crippen molar-refractivity contribution in [3.05, 3.63) is 65.2 Å². The van der Waals surface area contributed by atoms with E-state index < -0.39 is 15.9 Å². The molecule has 2 aromatic rings. The molecule has 1 fully saturated rings. The smallest absolute Gasteiger partial charge is 0.251 e. The molecule has 1 atom stereocenters. The molecule has 9 nitrogen and oxygen atoms in total. The van der Waals surface area contributed by atoms with Crippen LogP contribution >= 0.6 is 0 Å². The van der Waals surface area contributed by atoms with Gasteiger partial charge in [-0.25, -0.2) is 12.7 Å². The number of hydrogen-bond acceptors (Lipinski definition) is 6. The molecule has 3 rings (SSSR count). The number of morpholine rings is 1. The molecule has 1 heterocycles. The second-order valence-corrected chi connectivity index (χ2v) is 10.7. The predicted molar refractivity (Wildman–Crippen MR) is 129 cm³/mol. The third-order valence-corrected chi connectivity index (χ3v) is 7.31. The van der Waals surface area contributed by atoms with Crippen LogP contribution in [0.25, 0.3) is 0 Å². The van der Waals surface area contributed by atoms with E-state index in [1.807, 2.05) is 12.1 Å². The van der Waals surface area contributed by atoms with Gasteiger partial charge in [-0.05, 0) is 36.2 Å². The first-order valence-corrected chi connectivity index (χ1v) is 12.6. The monoisotopic (exact) mass is 488 g/mol. The third-order valence-electron chi connectivity index (χ3n) is 5.50. The topological polar surface area (TPSA) is 108 Å². The summed E-state index contributed by atoms with van der Waals surface area (Å²) in [5.41, 5.74) is 2.31. The van der Waals surface area contributed by atoms with Crippen molar-refractivity contribution in [3.8, 4) is 0 Å². The van der Waals surface area contributed by atoms with Crippen LogP contribution in [0.15, 0.2) is 53.4 Å². The highest BCUT2D eigenvalue weighted by atomic mass is 32.2. The molecule has 0 bridgehead atoms. The van der Waals surface area contributed by atoms with Crippen LogP contribution in [0, 0.1) is 0 Å². The van der Waals surface area contributed by atoms with Gasteiger partial charge < -0.3 is 15.4 Å². The zero-order chi connectivity index (χ0) is 24.7. The summed E-state index contributed by atoms with van der Waals surface area (Å²) in [6, 6.07) is 13.8. The normalized spacial score (nSPS) is 16.9. The molecular formula is C24H32N4O5S. The SMILES string of the molecule is CC1CN(Cc2cccc(CNC(=O)CNC(=O)c3cccc(S(=O)(=O)N(C)C)c3)c2)CCO1. The molecule has 0 aliphatic carbocycles. The molecule has 0 saturated carbocycles. The van der Waals surface area contributed by atoms with E-state index in [0.29, 0.717) is 6.54 Å². The van der Waals surface area contributed by atoms with Crippen LogP contribution in [0.2, 0.25) is 0 Å². The summed E-state index contributed by atoms with van der Waals surface area (Å²) in [5.74, 6) is -0.856. The van der Waals surface area contributed by atoms with Gasteiger partial charge in [-0.2, -0.15) is 0 Å². The maximum atomic E-state index is 12.4. The van der Waals surface area contributed by atoms with E-state index in [1.54, 1.807) is 0 Å². The fourth-order valence-electron chi connectivity index (χ4n) is 3.66. The van der Waals surface area contributed by atoms with Crippen LogP contribution in [-0.4, -0.2) is 75.9 Å². The van der Waals surface area contributed by atoms with Crippen molar-refractivity contribution in [1.82, 2.24) is 19.8 Å². The van der Waals surface area contributed by atoms with Crippen LogP contribution in [0.3, 0.4) is 0 Å². The zero-order valence-corrected chi connectivity index (χ0v) is 20.6. The fraction of sp³-hybridized carbons (Fsp3) is 0.417. The predicted octanol–water partition coefficient (Wildman–Crippen LogP) is 1.20. The van der Waals surface area contributed by atoms with Gasteiger partial charge in [0.05, 0.1) is 24.2 Å². The Morgan fingerprint density at radius 3 is 2.56 bits per heavy atom. The lowest BCUT2D eigenvalue weighted by molar-refractivity contribution is -0.120. The molecule has 184 valence electrons. The van der Waals surface area contributed by atoms with Crippen molar-refractivity contribution in [3.63, 3.8) is 0 Å². The Morgan fingerprint density at radius 2 is 1.82 bits per heavy atom. The van der Waals surface area contributed by atoms with Crippen molar-refractivity contribution >= 4 is 21.8 Å². The standard InChI is InChI=1S/C24H32N4O5S/c1-18-16-28(10-11-33-18)17-20-7-4-6-19(12-20)14-25-23(29)15-26-24(30)21-8-5-9-22(13-21)34(31,32)27(2)3/h4-9,12-13,18H,10-11,14-17H2,1-3H3,(H,25,29)(H,26,30). The van der Waals surface area contributed by atoms with E-state index in [0.717, 1.165) is 36.1 Å². The van der Waals surface area contributed by atoms with E-state index in [9.17, 15) is 18.0 Å². The number of nitrogens with one attached hydrogen (secondary N) is 2. The fourth-order valence-corrected chi connectivity index (χ4v) is 4.61. The van der Waals surface area contributed by atoms with Gasteiger partial charge in [0.1, 0.15) is 0 Å². The van der Waals surface area contributed by atoms with E-state index in [-0.39, 0.29) is 29.0 Å². The molecule has 1 aliphatic rings. The Balaban J connectivity index is 1.49. The lowest BCUT2D eigenvalue weighted by Crippen LogP contribution is -2.40. The van der Waals surface area contributed by atoms with E-state index in [1.165, 1.54) is 43.9 Å². The molecule has 1 aliphatic heterocycles. The second kappa shape index (κ2) is 11.6. The summed E-state index contributed by atoms with van der Waals surface area (Å²) >= 11 is 0. The Morgan fingerprint density at radius 1 is 1.09 bits per heavy atom. The van der Waals surface area contributed by atoms with Gasteiger partial charge in [0, 0.05) is 45.8 Å². The van der Waals surface area contributed by atoms with E-state index >= 15 is 0 Å². The van der Waals surface area contributed by atoms with Crippen molar-refractivity contribution in [1.29, 1.82) is 0 Å². The highest BCUT2D eigenvalue weighted by molar-refractivity contribution is 7.89. The van der Waals surface area contributed by atoms with Gasteiger partial charge in [-0.3, -0.25) is 14.5 Å². The van der Waals surface area contributed by atoms with E-state index in [2.05, 4.69) is 34.6 Å². The minimum Gasteiger partial charge on any atom is -0.376 e. The average molecular weight is 489 g/mol. The largest absolute Gasteiger partial charge is 0.376 e. The zero-order valence-electron chi connectivity index (χ0n) is 19.8. The lowest BCUT2D eigenvalue weighted by atomic mass is 10.1. The van der Waals surface area contributed by atoms with Crippen LogP contribution in [0.1, 0.15) is 28.4 Å².